The third kappa shape index (κ3) is 4.60. The van der Waals surface area contributed by atoms with Crippen LogP contribution in [0.1, 0.15) is 22.3 Å². The number of thioether (sulfide) groups is 1. The first-order chi connectivity index (χ1) is 13.8. The molecule has 0 saturated carbocycles. The normalized spacial score (nSPS) is 10.8. The number of carbonyl (C=O) groups excluding carboxylic acids is 1. The number of anilines is 1. The maximum Gasteiger partial charge on any atom is 0.293 e. The molecule has 0 unspecified atom stereocenters. The average Bonchev–Trinajstić information content (AvgIpc) is 3.11. The molecule has 150 valence electrons. The topological polar surface area (TPSA) is 116 Å². The molecule has 3 rings (SSSR count). The van der Waals surface area contributed by atoms with E-state index in [1.54, 1.807) is 17.7 Å². The largest absolute Gasteiger partial charge is 0.319 e. The van der Waals surface area contributed by atoms with Gasteiger partial charge in [-0.2, -0.15) is 4.68 Å². The van der Waals surface area contributed by atoms with Crippen molar-refractivity contribution in [2.24, 2.45) is 0 Å². The Morgan fingerprint density at radius 1 is 1.17 bits per heavy atom. The van der Waals surface area contributed by atoms with Crippen LogP contribution < -0.4 is 5.32 Å². The van der Waals surface area contributed by atoms with Gasteiger partial charge in [0.05, 0.1) is 16.4 Å². The summed E-state index contributed by atoms with van der Waals surface area (Å²) in [7, 11) is 0. The third-order valence-electron chi connectivity index (χ3n) is 4.40. The van der Waals surface area contributed by atoms with Crippen molar-refractivity contribution in [3.05, 3.63) is 62.7 Å². The van der Waals surface area contributed by atoms with Crippen molar-refractivity contribution < 1.29 is 9.72 Å². The van der Waals surface area contributed by atoms with Crippen LogP contribution in [0.15, 0.2) is 35.5 Å². The minimum atomic E-state index is -0.504. The summed E-state index contributed by atoms with van der Waals surface area (Å²) in [5.74, 6) is -0.364. The highest BCUT2D eigenvalue weighted by Crippen LogP contribution is 2.30. The molecule has 2 aromatic carbocycles. The molecular weight excluding hydrogens is 392 g/mol. The zero-order chi connectivity index (χ0) is 21.1. The summed E-state index contributed by atoms with van der Waals surface area (Å²) in [5, 5.41) is 26.1. The second-order valence-electron chi connectivity index (χ2n) is 6.71. The Kier molecular flexibility index (Phi) is 5.92. The highest BCUT2D eigenvalue weighted by Gasteiger charge is 2.20. The molecule has 0 saturated heterocycles. The molecule has 1 amide bonds. The number of nitro groups is 1. The number of tetrazole rings is 1. The number of rotatable bonds is 6. The van der Waals surface area contributed by atoms with E-state index in [4.69, 9.17) is 0 Å². The standard InChI is InChI=1S/C19H20N6O3S/c1-11-7-12(2)9-15(8-11)24-19(21-22-23-24)29-10-17(26)20-18-14(4)13(3)5-6-16(18)25(27)28/h5-9H,10H2,1-4H3,(H,20,26). The van der Waals surface area contributed by atoms with Crippen LogP contribution in [0.5, 0.6) is 0 Å². The zero-order valence-electron chi connectivity index (χ0n) is 16.5. The first-order valence-corrected chi connectivity index (χ1v) is 9.79. The molecule has 0 fully saturated rings. The van der Waals surface area contributed by atoms with Gasteiger partial charge in [0.2, 0.25) is 11.1 Å². The van der Waals surface area contributed by atoms with E-state index in [9.17, 15) is 14.9 Å². The predicted octanol–water partition coefficient (Wildman–Crippen LogP) is 3.53. The number of carbonyl (C=O) groups is 1. The zero-order valence-corrected chi connectivity index (χ0v) is 17.3. The van der Waals surface area contributed by atoms with E-state index in [0.717, 1.165) is 34.1 Å². The van der Waals surface area contributed by atoms with E-state index in [-0.39, 0.29) is 23.0 Å². The molecule has 0 aliphatic rings. The van der Waals surface area contributed by atoms with Crippen molar-refractivity contribution in [2.75, 3.05) is 11.1 Å². The van der Waals surface area contributed by atoms with Gasteiger partial charge in [0, 0.05) is 6.07 Å². The third-order valence-corrected chi connectivity index (χ3v) is 5.32. The fourth-order valence-electron chi connectivity index (χ4n) is 2.92. The van der Waals surface area contributed by atoms with Crippen molar-refractivity contribution >= 4 is 29.0 Å². The van der Waals surface area contributed by atoms with Crippen molar-refractivity contribution in [3.63, 3.8) is 0 Å². The van der Waals surface area contributed by atoms with Gasteiger partial charge in [-0.05, 0) is 72.5 Å². The Morgan fingerprint density at radius 2 is 1.86 bits per heavy atom. The van der Waals surface area contributed by atoms with Gasteiger partial charge < -0.3 is 5.32 Å². The molecular formula is C19H20N6O3S. The van der Waals surface area contributed by atoms with E-state index >= 15 is 0 Å². The van der Waals surface area contributed by atoms with Gasteiger partial charge >= 0.3 is 0 Å². The quantitative estimate of drug-likeness (QED) is 0.374. The molecule has 3 aromatic rings. The number of nitro benzene ring substituents is 1. The van der Waals surface area contributed by atoms with E-state index in [1.807, 2.05) is 39.0 Å². The van der Waals surface area contributed by atoms with Crippen LogP contribution in [0.4, 0.5) is 11.4 Å². The van der Waals surface area contributed by atoms with Crippen LogP contribution in [0.3, 0.4) is 0 Å². The Hall–Kier alpha value is -3.27. The molecule has 1 heterocycles. The lowest BCUT2D eigenvalue weighted by Gasteiger charge is -2.11. The summed E-state index contributed by atoms with van der Waals surface area (Å²) >= 11 is 1.16. The minimum absolute atomic E-state index is 0.00963. The van der Waals surface area contributed by atoms with Crippen LogP contribution in [-0.2, 0) is 4.79 Å². The van der Waals surface area contributed by atoms with E-state index in [2.05, 4.69) is 20.8 Å². The maximum atomic E-state index is 12.5. The lowest BCUT2D eigenvalue weighted by atomic mass is 10.1. The Bertz CT molecular complexity index is 1080. The van der Waals surface area contributed by atoms with Crippen LogP contribution in [0.25, 0.3) is 5.69 Å². The Labute approximate surface area is 171 Å². The van der Waals surface area contributed by atoms with Crippen LogP contribution in [0.2, 0.25) is 0 Å². The highest BCUT2D eigenvalue weighted by atomic mass is 32.2. The molecule has 0 aliphatic heterocycles. The van der Waals surface area contributed by atoms with Gasteiger partial charge in [0.25, 0.3) is 5.69 Å². The average molecular weight is 412 g/mol. The van der Waals surface area contributed by atoms with Gasteiger partial charge in [-0.15, -0.1) is 5.10 Å². The van der Waals surface area contributed by atoms with E-state index < -0.39 is 4.92 Å². The van der Waals surface area contributed by atoms with Crippen LogP contribution in [0, 0.1) is 37.8 Å². The molecule has 0 radical (unpaired) electrons. The second kappa shape index (κ2) is 8.39. The molecule has 1 N–H and O–H groups in total. The van der Waals surface area contributed by atoms with Gasteiger partial charge in [-0.25, -0.2) is 0 Å². The van der Waals surface area contributed by atoms with Crippen LogP contribution >= 0.6 is 11.8 Å². The number of hydrogen-bond donors (Lipinski definition) is 1. The smallest absolute Gasteiger partial charge is 0.293 e. The molecule has 0 bridgehead atoms. The van der Waals surface area contributed by atoms with Gasteiger partial charge in [-0.1, -0.05) is 23.9 Å². The van der Waals surface area contributed by atoms with Gasteiger partial charge in [0.1, 0.15) is 5.69 Å². The summed E-state index contributed by atoms with van der Waals surface area (Å²) < 4.78 is 1.57. The number of hydrogen-bond acceptors (Lipinski definition) is 7. The first-order valence-electron chi connectivity index (χ1n) is 8.80. The van der Waals surface area contributed by atoms with E-state index in [0.29, 0.717) is 10.7 Å². The number of amides is 1. The highest BCUT2D eigenvalue weighted by molar-refractivity contribution is 7.99. The monoisotopic (exact) mass is 412 g/mol. The number of nitrogens with one attached hydrogen (secondary N) is 1. The fourth-order valence-corrected chi connectivity index (χ4v) is 3.61. The summed E-state index contributed by atoms with van der Waals surface area (Å²) in [5.41, 5.74) is 4.56. The molecule has 29 heavy (non-hydrogen) atoms. The summed E-state index contributed by atoms with van der Waals surface area (Å²) in [6.07, 6.45) is 0. The molecule has 10 heteroatoms. The molecule has 0 atom stereocenters. The SMILES string of the molecule is Cc1cc(C)cc(-n2nnnc2SCC(=O)Nc2c([N+](=O)[O-])ccc(C)c2C)c1. The minimum Gasteiger partial charge on any atom is -0.319 e. The van der Waals surface area contributed by atoms with E-state index in [1.165, 1.54) is 6.07 Å². The molecule has 1 aromatic heterocycles. The number of nitrogens with zero attached hydrogens (tertiary/aromatic N) is 5. The number of benzene rings is 2. The lowest BCUT2D eigenvalue weighted by Crippen LogP contribution is -2.17. The van der Waals surface area contributed by atoms with Gasteiger partial charge in [-0.3, -0.25) is 14.9 Å². The van der Waals surface area contributed by atoms with Crippen molar-refractivity contribution in [3.8, 4) is 5.69 Å². The first kappa shape index (κ1) is 20.5. The van der Waals surface area contributed by atoms with Gasteiger partial charge in [0.15, 0.2) is 0 Å². The molecule has 0 spiro atoms. The number of aryl methyl sites for hydroxylation is 3. The predicted molar refractivity (Wildman–Crippen MR) is 111 cm³/mol. The second-order valence-corrected chi connectivity index (χ2v) is 7.66. The molecule has 0 aliphatic carbocycles. The van der Waals surface area contributed by atoms with Crippen LogP contribution in [-0.4, -0.2) is 36.8 Å². The lowest BCUT2D eigenvalue weighted by molar-refractivity contribution is -0.384. The Morgan fingerprint density at radius 3 is 2.52 bits per heavy atom. The fraction of sp³-hybridized carbons (Fsp3) is 0.263. The summed E-state index contributed by atoms with van der Waals surface area (Å²) in [4.78, 5) is 23.3. The summed E-state index contributed by atoms with van der Waals surface area (Å²) in [6, 6.07) is 9.01. The molecule has 9 nitrogen and oxygen atoms in total. The summed E-state index contributed by atoms with van der Waals surface area (Å²) in [6.45, 7) is 7.55. The Balaban J connectivity index is 1.76. The number of aromatic nitrogens is 4. The van der Waals surface area contributed by atoms with Crippen molar-refractivity contribution in [1.29, 1.82) is 0 Å². The van der Waals surface area contributed by atoms with Crippen molar-refractivity contribution in [2.45, 2.75) is 32.9 Å². The maximum absolute atomic E-state index is 12.5. The van der Waals surface area contributed by atoms with Crippen molar-refractivity contribution in [1.82, 2.24) is 20.2 Å².